The van der Waals surface area contributed by atoms with Crippen LogP contribution in [0.3, 0.4) is 0 Å². The van der Waals surface area contributed by atoms with Crippen LogP contribution in [0.1, 0.15) is 37.0 Å². The molecule has 0 bridgehead atoms. The Morgan fingerprint density at radius 1 is 1.07 bits per heavy atom. The van der Waals surface area contributed by atoms with Crippen molar-refractivity contribution in [2.24, 2.45) is 5.92 Å². The maximum absolute atomic E-state index is 13.6. The summed E-state index contributed by atoms with van der Waals surface area (Å²) in [6.45, 7) is 10.0. The van der Waals surface area contributed by atoms with E-state index in [1.807, 2.05) is 26.8 Å². The third-order valence-corrected chi connectivity index (χ3v) is 6.79. The molecule has 0 unspecified atom stereocenters. The van der Waals surface area contributed by atoms with Gasteiger partial charge in [0, 0.05) is 6.54 Å². The predicted molar refractivity (Wildman–Crippen MR) is 121 cm³/mol. The molecule has 6 nitrogen and oxygen atoms in total. The molecule has 30 heavy (non-hydrogen) atoms. The van der Waals surface area contributed by atoms with E-state index < -0.39 is 10.0 Å². The van der Waals surface area contributed by atoms with Crippen LogP contribution >= 0.6 is 0 Å². The topological polar surface area (TPSA) is 75.7 Å². The van der Waals surface area contributed by atoms with Gasteiger partial charge in [0.1, 0.15) is 17.2 Å². The van der Waals surface area contributed by atoms with Gasteiger partial charge in [0.05, 0.1) is 12.8 Å². The van der Waals surface area contributed by atoms with Gasteiger partial charge in [0.15, 0.2) is 0 Å². The Morgan fingerprint density at radius 3 is 2.37 bits per heavy atom. The average Bonchev–Trinajstić information content (AvgIpc) is 2.68. The highest BCUT2D eigenvalue weighted by molar-refractivity contribution is 7.93. The van der Waals surface area contributed by atoms with Gasteiger partial charge in [-0.3, -0.25) is 9.10 Å². The molecule has 0 atom stereocenters. The molecule has 2 aromatic carbocycles. The first-order valence-electron chi connectivity index (χ1n) is 10.1. The summed E-state index contributed by atoms with van der Waals surface area (Å²) in [4.78, 5) is 12.7. The number of ether oxygens (including phenoxy) is 1. The van der Waals surface area contributed by atoms with Crippen molar-refractivity contribution in [1.29, 1.82) is 0 Å². The van der Waals surface area contributed by atoms with Crippen molar-refractivity contribution >= 4 is 21.6 Å². The fourth-order valence-electron chi connectivity index (χ4n) is 2.99. The number of carbonyl (C=O) groups excluding carboxylic acids is 1. The second-order valence-electron chi connectivity index (χ2n) is 7.97. The van der Waals surface area contributed by atoms with E-state index >= 15 is 0 Å². The minimum Gasteiger partial charge on any atom is -0.495 e. The van der Waals surface area contributed by atoms with Crippen LogP contribution in [-0.4, -0.2) is 34.5 Å². The first kappa shape index (κ1) is 23.7. The number of anilines is 1. The monoisotopic (exact) mass is 432 g/mol. The van der Waals surface area contributed by atoms with Crippen LogP contribution in [0.15, 0.2) is 41.3 Å². The van der Waals surface area contributed by atoms with Gasteiger partial charge in [-0.1, -0.05) is 26.0 Å². The molecular weight excluding hydrogens is 400 g/mol. The molecule has 0 aromatic heterocycles. The van der Waals surface area contributed by atoms with Crippen molar-refractivity contribution in [3.05, 3.63) is 53.1 Å². The van der Waals surface area contributed by atoms with E-state index in [9.17, 15) is 13.2 Å². The molecule has 0 radical (unpaired) electrons. The first-order valence-corrected chi connectivity index (χ1v) is 11.5. The quantitative estimate of drug-likeness (QED) is 0.650. The molecule has 2 rings (SSSR count). The lowest BCUT2D eigenvalue weighted by molar-refractivity contribution is -0.119. The molecular formula is C23H32N2O4S. The van der Waals surface area contributed by atoms with Crippen LogP contribution in [0, 0.1) is 26.7 Å². The fourth-order valence-corrected chi connectivity index (χ4v) is 4.64. The number of amides is 1. The summed E-state index contributed by atoms with van der Waals surface area (Å²) in [6, 6.07) is 10.4. The van der Waals surface area contributed by atoms with Crippen LogP contribution in [0.2, 0.25) is 0 Å². The number of methoxy groups -OCH3 is 1. The Balaban J connectivity index is 2.48. The molecule has 0 spiro atoms. The Morgan fingerprint density at radius 2 is 1.77 bits per heavy atom. The zero-order valence-electron chi connectivity index (χ0n) is 18.7. The van der Waals surface area contributed by atoms with E-state index in [-0.39, 0.29) is 23.1 Å². The van der Waals surface area contributed by atoms with E-state index in [0.29, 0.717) is 18.2 Å². The molecule has 1 amide bonds. The predicted octanol–water partition coefficient (Wildman–Crippen LogP) is 3.98. The molecule has 0 aliphatic rings. The normalized spacial score (nSPS) is 11.4. The Hall–Kier alpha value is -2.54. The SMILES string of the molecule is COc1ccc(C)cc1S(=O)(=O)N(CC(=O)NCCC(C)C)c1ccc(C)c(C)c1. The summed E-state index contributed by atoms with van der Waals surface area (Å²) in [5.74, 6) is 0.347. The highest BCUT2D eigenvalue weighted by atomic mass is 32.2. The lowest BCUT2D eigenvalue weighted by atomic mass is 10.1. The van der Waals surface area contributed by atoms with E-state index in [1.54, 1.807) is 30.3 Å². The summed E-state index contributed by atoms with van der Waals surface area (Å²) in [5.41, 5.74) is 3.23. The van der Waals surface area contributed by atoms with Crippen molar-refractivity contribution in [2.45, 2.75) is 45.9 Å². The molecule has 7 heteroatoms. The van der Waals surface area contributed by atoms with Gasteiger partial charge in [-0.15, -0.1) is 0 Å². The van der Waals surface area contributed by atoms with Crippen molar-refractivity contribution in [3.8, 4) is 5.75 Å². The third-order valence-electron chi connectivity index (χ3n) is 5.00. The fraction of sp³-hybridized carbons (Fsp3) is 0.435. The number of benzene rings is 2. The number of aryl methyl sites for hydroxylation is 3. The zero-order valence-corrected chi connectivity index (χ0v) is 19.5. The molecule has 0 aliphatic carbocycles. The second-order valence-corrected chi connectivity index (χ2v) is 9.80. The van der Waals surface area contributed by atoms with Crippen LogP contribution in [0.5, 0.6) is 5.75 Å². The summed E-state index contributed by atoms with van der Waals surface area (Å²) in [6.07, 6.45) is 0.827. The highest BCUT2D eigenvalue weighted by Crippen LogP contribution is 2.31. The zero-order chi connectivity index (χ0) is 22.5. The van der Waals surface area contributed by atoms with Gasteiger partial charge in [0.25, 0.3) is 10.0 Å². The van der Waals surface area contributed by atoms with Gasteiger partial charge in [0.2, 0.25) is 5.91 Å². The van der Waals surface area contributed by atoms with Crippen molar-refractivity contribution < 1.29 is 17.9 Å². The van der Waals surface area contributed by atoms with Crippen LogP contribution < -0.4 is 14.4 Å². The molecule has 0 fully saturated rings. The molecule has 0 saturated carbocycles. The van der Waals surface area contributed by atoms with E-state index in [1.165, 1.54) is 7.11 Å². The Bertz CT molecular complexity index is 1000. The first-order chi connectivity index (χ1) is 14.1. The summed E-state index contributed by atoms with van der Waals surface area (Å²) >= 11 is 0. The number of hydrogen-bond donors (Lipinski definition) is 1. The maximum atomic E-state index is 13.6. The van der Waals surface area contributed by atoms with Crippen LogP contribution in [-0.2, 0) is 14.8 Å². The summed E-state index contributed by atoms with van der Waals surface area (Å²) in [7, 11) is -2.60. The number of carbonyl (C=O) groups is 1. The van der Waals surface area contributed by atoms with Gasteiger partial charge in [-0.2, -0.15) is 0 Å². The number of rotatable bonds is 9. The van der Waals surface area contributed by atoms with E-state index in [4.69, 9.17) is 4.74 Å². The third kappa shape index (κ3) is 5.75. The van der Waals surface area contributed by atoms with E-state index in [0.717, 1.165) is 27.4 Å². The van der Waals surface area contributed by atoms with Crippen molar-refractivity contribution in [1.82, 2.24) is 5.32 Å². The smallest absolute Gasteiger partial charge is 0.268 e. The summed E-state index contributed by atoms with van der Waals surface area (Å²) in [5, 5.41) is 2.83. The lowest BCUT2D eigenvalue weighted by Gasteiger charge is -2.26. The standard InChI is InChI=1S/C23H32N2O4S/c1-16(2)11-12-24-23(26)15-25(20-9-8-18(4)19(5)14-20)30(27,28)22-13-17(3)7-10-21(22)29-6/h7-10,13-14,16H,11-12,15H2,1-6H3,(H,24,26). The summed E-state index contributed by atoms with van der Waals surface area (Å²) < 4.78 is 33.7. The maximum Gasteiger partial charge on any atom is 0.268 e. The van der Waals surface area contributed by atoms with Crippen LogP contribution in [0.4, 0.5) is 5.69 Å². The Labute approximate surface area is 180 Å². The van der Waals surface area contributed by atoms with Gasteiger partial charge < -0.3 is 10.1 Å². The van der Waals surface area contributed by atoms with E-state index in [2.05, 4.69) is 19.2 Å². The van der Waals surface area contributed by atoms with Crippen molar-refractivity contribution in [3.63, 3.8) is 0 Å². The molecule has 0 saturated heterocycles. The van der Waals surface area contributed by atoms with Crippen LogP contribution in [0.25, 0.3) is 0 Å². The molecule has 2 aromatic rings. The number of hydrogen-bond acceptors (Lipinski definition) is 4. The number of nitrogens with one attached hydrogen (secondary N) is 1. The second kappa shape index (κ2) is 9.98. The van der Waals surface area contributed by atoms with Gasteiger partial charge in [-0.05, 0) is 74.1 Å². The molecule has 164 valence electrons. The Kier molecular flexibility index (Phi) is 7.89. The lowest BCUT2D eigenvalue weighted by Crippen LogP contribution is -2.41. The minimum atomic E-state index is -4.04. The molecule has 0 heterocycles. The molecule has 0 aliphatic heterocycles. The highest BCUT2D eigenvalue weighted by Gasteiger charge is 2.30. The van der Waals surface area contributed by atoms with Gasteiger partial charge >= 0.3 is 0 Å². The number of nitrogens with zero attached hydrogens (tertiary/aromatic N) is 1. The minimum absolute atomic E-state index is 0.0400. The number of sulfonamides is 1. The van der Waals surface area contributed by atoms with Gasteiger partial charge in [-0.25, -0.2) is 8.42 Å². The van der Waals surface area contributed by atoms with Crippen molar-refractivity contribution in [2.75, 3.05) is 24.5 Å². The largest absolute Gasteiger partial charge is 0.495 e. The molecule has 1 N–H and O–H groups in total. The average molecular weight is 433 g/mol.